The number of benzene rings is 1. The van der Waals surface area contributed by atoms with Crippen molar-refractivity contribution >= 4 is 79.6 Å². The number of halogens is 3. The highest BCUT2D eigenvalue weighted by atomic mass is 127. The molecule has 1 aromatic carbocycles. The van der Waals surface area contributed by atoms with Gasteiger partial charge in [0.25, 0.3) is 5.91 Å². The van der Waals surface area contributed by atoms with E-state index in [0.29, 0.717) is 25.1 Å². The normalized spacial score (nSPS) is 18.9. The Bertz CT molecular complexity index is 562. The van der Waals surface area contributed by atoms with E-state index in [1.54, 1.807) is 4.90 Å². The maximum absolute atomic E-state index is 12.6. The van der Waals surface area contributed by atoms with Gasteiger partial charge in [0.1, 0.15) is 0 Å². The first-order valence-corrected chi connectivity index (χ1v) is 9.30. The first-order valence-electron chi connectivity index (χ1n) is 6.06. The fraction of sp³-hybridized carbons (Fsp3) is 0.385. The Morgan fingerprint density at radius 1 is 1.25 bits per heavy atom. The lowest BCUT2D eigenvalue weighted by Gasteiger charge is -2.31. The predicted molar refractivity (Wildman–Crippen MR) is 101 cm³/mol. The van der Waals surface area contributed by atoms with Crippen LogP contribution in [0, 0.1) is 16.6 Å². The molecule has 4 nitrogen and oxygen atoms in total. The summed E-state index contributed by atoms with van der Waals surface area (Å²) >= 11 is 6.59. The summed E-state index contributed by atoms with van der Waals surface area (Å²) in [5.74, 6) is -1.31. The van der Waals surface area contributed by atoms with Crippen LogP contribution in [0.2, 0.25) is 0 Å². The van der Waals surface area contributed by atoms with E-state index in [2.05, 4.69) is 67.8 Å². The minimum Gasteiger partial charge on any atom is -0.481 e. The van der Waals surface area contributed by atoms with Crippen LogP contribution in [0.4, 0.5) is 0 Å². The fourth-order valence-electron chi connectivity index (χ4n) is 2.25. The van der Waals surface area contributed by atoms with Crippen molar-refractivity contribution in [2.75, 3.05) is 13.1 Å². The third-order valence-electron chi connectivity index (χ3n) is 3.28. The van der Waals surface area contributed by atoms with E-state index in [-0.39, 0.29) is 5.91 Å². The van der Waals surface area contributed by atoms with Crippen LogP contribution in [0.25, 0.3) is 0 Å². The first kappa shape index (κ1) is 16.7. The smallest absolute Gasteiger partial charge is 0.308 e. The Labute approximate surface area is 158 Å². The summed E-state index contributed by atoms with van der Waals surface area (Å²) in [6, 6.07) is 3.90. The summed E-state index contributed by atoms with van der Waals surface area (Å²) in [6.45, 7) is 0.951. The van der Waals surface area contributed by atoms with E-state index in [1.807, 2.05) is 12.1 Å². The van der Waals surface area contributed by atoms with Gasteiger partial charge in [0, 0.05) is 23.8 Å². The number of likely N-dealkylation sites (tertiary alicyclic amines) is 1. The maximum Gasteiger partial charge on any atom is 0.308 e. The fourth-order valence-corrected chi connectivity index (χ4v) is 4.63. The molecule has 20 heavy (non-hydrogen) atoms. The number of carboxylic acid groups (broad SMARTS) is 1. The van der Waals surface area contributed by atoms with Crippen molar-refractivity contribution in [2.45, 2.75) is 12.8 Å². The molecule has 0 radical (unpaired) electrons. The van der Waals surface area contributed by atoms with Crippen LogP contribution in [0.15, 0.2) is 12.1 Å². The highest BCUT2D eigenvalue weighted by Gasteiger charge is 2.29. The SMILES string of the molecule is O=C(O)[C@H]1CCCN(C(=O)c2cc(I)cc(I)c2I)C1. The molecule has 0 unspecified atom stereocenters. The maximum atomic E-state index is 12.6. The van der Waals surface area contributed by atoms with Crippen molar-refractivity contribution in [1.29, 1.82) is 0 Å². The van der Waals surface area contributed by atoms with Crippen LogP contribution < -0.4 is 0 Å². The van der Waals surface area contributed by atoms with Crippen LogP contribution in [0.5, 0.6) is 0 Å². The second kappa shape index (κ2) is 7.07. The van der Waals surface area contributed by atoms with Gasteiger partial charge in [-0.15, -0.1) is 0 Å². The predicted octanol–water partition coefficient (Wildman–Crippen LogP) is 3.44. The Morgan fingerprint density at radius 3 is 2.60 bits per heavy atom. The van der Waals surface area contributed by atoms with Crippen LogP contribution in [0.3, 0.4) is 0 Å². The quantitative estimate of drug-likeness (QED) is 0.413. The summed E-state index contributed by atoms with van der Waals surface area (Å²) in [6.07, 6.45) is 1.40. The molecule has 1 aliphatic rings. The second-order valence-electron chi connectivity index (χ2n) is 4.68. The molecule has 1 N–H and O–H groups in total. The summed E-state index contributed by atoms with van der Waals surface area (Å²) in [5, 5.41) is 9.11. The molecule has 0 aromatic heterocycles. The lowest BCUT2D eigenvalue weighted by atomic mass is 9.97. The average molecular weight is 611 g/mol. The molecular weight excluding hydrogens is 599 g/mol. The molecule has 108 valence electrons. The molecule has 1 heterocycles. The number of aliphatic carboxylic acids is 1. The third kappa shape index (κ3) is 3.76. The molecule has 1 amide bonds. The topological polar surface area (TPSA) is 57.6 Å². The number of hydrogen-bond acceptors (Lipinski definition) is 2. The number of amides is 1. The largest absolute Gasteiger partial charge is 0.481 e. The van der Waals surface area contributed by atoms with Gasteiger partial charge in [0.15, 0.2) is 0 Å². The van der Waals surface area contributed by atoms with Crippen molar-refractivity contribution in [3.05, 3.63) is 28.4 Å². The zero-order valence-corrected chi connectivity index (χ0v) is 16.9. The summed E-state index contributed by atoms with van der Waals surface area (Å²) < 4.78 is 3.00. The molecule has 0 spiro atoms. The lowest BCUT2D eigenvalue weighted by molar-refractivity contribution is -0.143. The third-order valence-corrected chi connectivity index (χ3v) is 6.95. The van der Waals surface area contributed by atoms with Crippen LogP contribution in [-0.2, 0) is 4.79 Å². The summed E-state index contributed by atoms with van der Waals surface area (Å²) in [4.78, 5) is 25.4. The van der Waals surface area contributed by atoms with Gasteiger partial charge in [-0.25, -0.2) is 0 Å². The number of rotatable bonds is 2. The van der Waals surface area contributed by atoms with Gasteiger partial charge in [-0.1, -0.05) is 0 Å². The molecule has 1 saturated heterocycles. The molecule has 1 aromatic rings. The Hall–Kier alpha value is 0.350. The van der Waals surface area contributed by atoms with Gasteiger partial charge in [-0.2, -0.15) is 0 Å². The van der Waals surface area contributed by atoms with E-state index in [0.717, 1.165) is 17.1 Å². The highest BCUT2D eigenvalue weighted by molar-refractivity contribution is 14.1. The van der Waals surface area contributed by atoms with Gasteiger partial charge in [0.05, 0.1) is 11.5 Å². The monoisotopic (exact) mass is 611 g/mol. The molecular formula is C13H12I3NO3. The van der Waals surface area contributed by atoms with Crippen molar-refractivity contribution in [1.82, 2.24) is 4.90 Å². The van der Waals surface area contributed by atoms with Crippen molar-refractivity contribution < 1.29 is 14.7 Å². The second-order valence-corrected chi connectivity index (χ2v) is 8.16. The number of carbonyl (C=O) groups excluding carboxylic acids is 1. The van der Waals surface area contributed by atoms with E-state index in [9.17, 15) is 9.59 Å². The minimum absolute atomic E-state index is 0.0585. The summed E-state index contributed by atoms with van der Waals surface area (Å²) in [7, 11) is 0. The average Bonchev–Trinajstić information content (AvgIpc) is 2.42. The molecule has 1 fully saturated rings. The molecule has 2 rings (SSSR count). The zero-order chi connectivity index (χ0) is 14.9. The first-order chi connectivity index (χ1) is 9.40. The van der Waals surface area contributed by atoms with Crippen molar-refractivity contribution in [3.8, 4) is 0 Å². The number of hydrogen-bond donors (Lipinski definition) is 1. The van der Waals surface area contributed by atoms with E-state index in [1.165, 1.54) is 0 Å². The molecule has 1 atom stereocenters. The Balaban J connectivity index is 2.25. The van der Waals surface area contributed by atoms with Gasteiger partial charge in [-0.3, -0.25) is 9.59 Å². The van der Waals surface area contributed by atoms with Gasteiger partial charge < -0.3 is 10.0 Å². The standard InChI is InChI=1S/C13H12I3NO3/c14-8-4-9(11(16)10(15)5-8)12(18)17-3-1-2-7(6-17)13(19)20/h4-5,7H,1-3,6H2,(H,19,20)/t7-/m0/s1. The Morgan fingerprint density at radius 2 is 1.95 bits per heavy atom. The lowest BCUT2D eigenvalue weighted by Crippen LogP contribution is -2.42. The zero-order valence-electron chi connectivity index (χ0n) is 10.4. The van der Waals surface area contributed by atoms with Gasteiger partial charge >= 0.3 is 5.97 Å². The van der Waals surface area contributed by atoms with Crippen LogP contribution in [-0.4, -0.2) is 35.0 Å². The van der Waals surface area contributed by atoms with Gasteiger partial charge in [-0.05, 0) is 92.7 Å². The van der Waals surface area contributed by atoms with Crippen molar-refractivity contribution in [2.24, 2.45) is 5.92 Å². The highest BCUT2D eigenvalue weighted by Crippen LogP contribution is 2.26. The summed E-state index contributed by atoms with van der Waals surface area (Å²) in [5.41, 5.74) is 0.674. The van der Waals surface area contributed by atoms with Gasteiger partial charge in [0.2, 0.25) is 0 Å². The van der Waals surface area contributed by atoms with Crippen LogP contribution >= 0.6 is 67.8 Å². The van der Waals surface area contributed by atoms with E-state index in [4.69, 9.17) is 5.11 Å². The molecule has 0 saturated carbocycles. The molecule has 0 bridgehead atoms. The molecule has 0 aliphatic carbocycles. The van der Waals surface area contributed by atoms with E-state index >= 15 is 0 Å². The molecule has 7 heteroatoms. The minimum atomic E-state index is -0.811. The number of carbonyl (C=O) groups is 2. The van der Waals surface area contributed by atoms with Crippen molar-refractivity contribution in [3.63, 3.8) is 0 Å². The molecule has 1 aliphatic heterocycles. The number of carboxylic acids is 1. The number of piperidine rings is 1. The van der Waals surface area contributed by atoms with E-state index < -0.39 is 11.9 Å². The Kier molecular flexibility index (Phi) is 5.91. The van der Waals surface area contributed by atoms with Crippen LogP contribution in [0.1, 0.15) is 23.2 Å². The number of nitrogens with zero attached hydrogens (tertiary/aromatic N) is 1.